The summed E-state index contributed by atoms with van der Waals surface area (Å²) < 4.78 is 5.22. The molecule has 1 saturated carbocycles. The predicted octanol–water partition coefficient (Wildman–Crippen LogP) is 1.67. The first-order chi connectivity index (χ1) is 9.47. The third-order valence-electron chi connectivity index (χ3n) is 3.78. The number of methoxy groups -OCH3 is 1. The minimum Gasteiger partial charge on any atom is -0.496 e. The fraction of sp³-hybridized carbons (Fsp3) is 0.467. The number of aryl methyl sites for hydroxylation is 1. The first-order valence-electron chi connectivity index (χ1n) is 6.65. The number of carbonyl (C=O) groups excluding carboxylic acids is 1. The summed E-state index contributed by atoms with van der Waals surface area (Å²) in [6, 6.07) is 5.60. The summed E-state index contributed by atoms with van der Waals surface area (Å²) in [4.78, 5) is 23.3. The van der Waals surface area contributed by atoms with Gasteiger partial charge in [-0.05, 0) is 32.3 Å². The molecule has 0 unspecified atom stereocenters. The number of nitrogens with one attached hydrogen (secondary N) is 1. The van der Waals surface area contributed by atoms with Gasteiger partial charge in [-0.15, -0.1) is 0 Å². The Morgan fingerprint density at radius 2 is 2.10 bits per heavy atom. The lowest BCUT2D eigenvalue weighted by atomic mass is 9.76. The minimum atomic E-state index is -1.06. The molecule has 0 saturated heterocycles. The minimum absolute atomic E-state index is 0.125. The standard InChI is InChI=1S/C15H19NO4/c1-10-4-5-12(20-2)11(8-10)9-13(17)16-15(14(18)19)6-3-7-15/h4-5,8H,3,6-7,9H2,1-2H3,(H,16,17)(H,18,19). The summed E-state index contributed by atoms with van der Waals surface area (Å²) >= 11 is 0. The molecule has 2 rings (SSSR count). The van der Waals surface area contributed by atoms with Crippen molar-refractivity contribution in [3.8, 4) is 5.75 Å². The average molecular weight is 277 g/mol. The predicted molar refractivity (Wildman–Crippen MR) is 73.8 cm³/mol. The largest absolute Gasteiger partial charge is 0.496 e. The molecule has 0 radical (unpaired) electrons. The molecule has 0 aromatic heterocycles. The van der Waals surface area contributed by atoms with Gasteiger partial charge in [0.15, 0.2) is 0 Å². The highest BCUT2D eigenvalue weighted by Gasteiger charge is 2.45. The van der Waals surface area contributed by atoms with E-state index in [4.69, 9.17) is 4.74 Å². The zero-order chi connectivity index (χ0) is 14.8. The molecule has 5 heteroatoms. The Kier molecular flexibility index (Phi) is 3.97. The maximum Gasteiger partial charge on any atom is 0.329 e. The van der Waals surface area contributed by atoms with E-state index in [-0.39, 0.29) is 12.3 Å². The highest BCUT2D eigenvalue weighted by molar-refractivity contribution is 5.89. The van der Waals surface area contributed by atoms with E-state index in [0.717, 1.165) is 17.5 Å². The molecule has 0 atom stereocenters. The van der Waals surface area contributed by atoms with Gasteiger partial charge in [-0.25, -0.2) is 4.79 Å². The first-order valence-corrected chi connectivity index (χ1v) is 6.65. The number of carbonyl (C=O) groups is 2. The smallest absolute Gasteiger partial charge is 0.329 e. The molecule has 5 nitrogen and oxygen atoms in total. The van der Waals surface area contributed by atoms with Crippen molar-refractivity contribution >= 4 is 11.9 Å². The van der Waals surface area contributed by atoms with Gasteiger partial charge in [0.25, 0.3) is 0 Å². The van der Waals surface area contributed by atoms with E-state index in [1.165, 1.54) is 0 Å². The lowest BCUT2D eigenvalue weighted by Crippen LogP contribution is -2.59. The van der Waals surface area contributed by atoms with Crippen LogP contribution in [0.3, 0.4) is 0 Å². The van der Waals surface area contributed by atoms with Gasteiger partial charge in [0.2, 0.25) is 5.91 Å². The Morgan fingerprint density at radius 3 is 2.60 bits per heavy atom. The van der Waals surface area contributed by atoms with E-state index in [2.05, 4.69) is 5.32 Å². The Balaban J connectivity index is 2.08. The molecule has 0 spiro atoms. The molecule has 0 aliphatic heterocycles. The monoisotopic (exact) mass is 277 g/mol. The Morgan fingerprint density at radius 1 is 1.40 bits per heavy atom. The topological polar surface area (TPSA) is 75.6 Å². The third kappa shape index (κ3) is 2.76. The number of hydrogen-bond donors (Lipinski definition) is 2. The number of aliphatic carboxylic acids is 1. The Labute approximate surface area is 117 Å². The summed E-state index contributed by atoms with van der Waals surface area (Å²) in [5, 5.41) is 11.9. The molecular formula is C15H19NO4. The first kappa shape index (κ1) is 14.4. The van der Waals surface area contributed by atoms with Gasteiger partial charge < -0.3 is 15.2 Å². The highest BCUT2D eigenvalue weighted by Crippen LogP contribution is 2.32. The van der Waals surface area contributed by atoms with Gasteiger partial charge in [0.05, 0.1) is 13.5 Å². The molecule has 0 heterocycles. The van der Waals surface area contributed by atoms with E-state index in [1.54, 1.807) is 7.11 Å². The molecule has 20 heavy (non-hydrogen) atoms. The van der Waals surface area contributed by atoms with E-state index in [0.29, 0.717) is 18.6 Å². The number of amides is 1. The van der Waals surface area contributed by atoms with Crippen molar-refractivity contribution < 1.29 is 19.4 Å². The number of carboxylic acids is 1. The summed E-state index contributed by atoms with van der Waals surface area (Å²) in [6.07, 6.45) is 1.96. The molecule has 2 N–H and O–H groups in total. The van der Waals surface area contributed by atoms with Gasteiger partial charge in [0, 0.05) is 5.56 Å². The van der Waals surface area contributed by atoms with Crippen LogP contribution in [0.25, 0.3) is 0 Å². The zero-order valence-electron chi connectivity index (χ0n) is 11.7. The number of carboxylic acid groups (broad SMARTS) is 1. The van der Waals surface area contributed by atoms with E-state index in [9.17, 15) is 14.7 Å². The molecule has 1 aliphatic rings. The SMILES string of the molecule is COc1ccc(C)cc1CC(=O)NC1(C(=O)O)CCC1. The number of benzene rings is 1. The molecule has 1 aliphatic carbocycles. The third-order valence-corrected chi connectivity index (χ3v) is 3.78. The molecular weight excluding hydrogens is 258 g/mol. The number of ether oxygens (including phenoxy) is 1. The van der Waals surface area contributed by atoms with Gasteiger partial charge in [0.1, 0.15) is 11.3 Å². The molecule has 0 bridgehead atoms. The maximum absolute atomic E-state index is 12.1. The van der Waals surface area contributed by atoms with Gasteiger partial charge in [-0.1, -0.05) is 17.7 Å². The lowest BCUT2D eigenvalue weighted by molar-refractivity contribution is -0.151. The summed E-state index contributed by atoms with van der Waals surface area (Å²) in [7, 11) is 1.55. The van der Waals surface area contributed by atoms with Crippen LogP contribution in [0.4, 0.5) is 0 Å². The van der Waals surface area contributed by atoms with E-state index >= 15 is 0 Å². The van der Waals surface area contributed by atoms with Crippen LogP contribution in [0.2, 0.25) is 0 Å². The van der Waals surface area contributed by atoms with Crippen LogP contribution >= 0.6 is 0 Å². The maximum atomic E-state index is 12.1. The number of rotatable bonds is 5. The van der Waals surface area contributed by atoms with Crippen molar-refractivity contribution in [2.24, 2.45) is 0 Å². The van der Waals surface area contributed by atoms with Gasteiger partial charge >= 0.3 is 5.97 Å². The fourth-order valence-corrected chi connectivity index (χ4v) is 2.45. The second-order valence-corrected chi connectivity index (χ2v) is 5.28. The van der Waals surface area contributed by atoms with Crippen molar-refractivity contribution in [3.63, 3.8) is 0 Å². The van der Waals surface area contributed by atoms with Gasteiger partial charge in [-0.2, -0.15) is 0 Å². The van der Waals surface area contributed by atoms with Crippen LogP contribution in [0.15, 0.2) is 18.2 Å². The lowest BCUT2D eigenvalue weighted by Gasteiger charge is -2.38. The van der Waals surface area contributed by atoms with Crippen LogP contribution in [-0.2, 0) is 16.0 Å². The van der Waals surface area contributed by atoms with E-state index < -0.39 is 11.5 Å². The Hall–Kier alpha value is -2.04. The van der Waals surface area contributed by atoms with Crippen molar-refractivity contribution in [2.75, 3.05) is 7.11 Å². The van der Waals surface area contributed by atoms with Crippen molar-refractivity contribution in [2.45, 2.75) is 38.1 Å². The molecule has 1 aromatic carbocycles. The van der Waals surface area contributed by atoms with E-state index in [1.807, 2.05) is 25.1 Å². The summed E-state index contributed by atoms with van der Waals surface area (Å²) in [6.45, 7) is 1.94. The molecule has 108 valence electrons. The highest BCUT2D eigenvalue weighted by atomic mass is 16.5. The van der Waals surface area contributed by atoms with Gasteiger partial charge in [-0.3, -0.25) is 4.79 Å². The van der Waals surface area contributed by atoms with Crippen LogP contribution in [0.5, 0.6) is 5.75 Å². The molecule has 1 fully saturated rings. The molecule has 1 aromatic rings. The zero-order valence-corrected chi connectivity index (χ0v) is 11.7. The summed E-state index contributed by atoms with van der Waals surface area (Å²) in [5.41, 5.74) is 0.740. The van der Waals surface area contributed by atoms with Crippen molar-refractivity contribution in [3.05, 3.63) is 29.3 Å². The van der Waals surface area contributed by atoms with Crippen molar-refractivity contribution in [1.82, 2.24) is 5.32 Å². The second kappa shape index (κ2) is 5.53. The summed E-state index contributed by atoms with van der Waals surface area (Å²) in [5.74, 6) is -0.590. The molecule has 1 amide bonds. The normalized spacial score (nSPS) is 16.1. The van der Waals surface area contributed by atoms with Crippen LogP contribution in [0.1, 0.15) is 30.4 Å². The Bertz CT molecular complexity index is 535. The second-order valence-electron chi connectivity index (χ2n) is 5.28. The quantitative estimate of drug-likeness (QED) is 0.858. The van der Waals surface area contributed by atoms with Crippen LogP contribution in [-0.4, -0.2) is 29.6 Å². The average Bonchev–Trinajstić information content (AvgIpc) is 2.33. The number of hydrogen-bond acceptors (Lipinski definition) is 3. The van der Waals surface area contributed by atoms with Crippen LogP contribution < -0.4 is 10.1 Å². The van der Waals surface area contributed by atoms with Crippen LogP contribution in [0, 0.1) is 6.92 Å². The fourth-order valence-electron chi connectivity index (χ4n) is 2.45. The van der Waals surface area contributed by atoms with Crippen molar-refractivity contribution in [1.29, 1.82) is 0 Å².